The molecule has 3 aromatic rings. The second-order valence-electron chi connectivity index (χ2n) is 8.31. The number of amides is 1. The Morgan fingerprint density at radius 1 is 1.09 bits per heavy atom. The van der Waals surface area contributed by atoms with Gasteiger partial charge < -0.3 is 15.4 Å². The van der Waals surface area contributed by atoms with Gasteiger partial charge >= 0.3 is 0 Å². The summed E-state index contributed by atoms with van der Waals surface area (Å²) in [6, 6.07) is 22.8. The van der Waals surface area contributed by atoms with Crippen molar-refractivity contribution in [2.24, 2.45) is 0 Å². The lowest BCUT2D eigenvalue weighted by Crippen LogP contribution is -2.43. The first kappa shape index (κ1) is 22.7. The average Bonchev–Trinajstić information content (AvgIpc) is 3.22. The number of ether oxygens (including phenoxy) is 1. The molecule has 168 valence electrons. The highest BCUT2D eigenvalue weighted by molar-refractivity contribution is 6.30. The lowest BCUT2D eigenvalue weighted by molar-refractivity contribution is -0.125. The Labute approximate surface area is 194 Å². The van der Waals surface area contributed by atoms with Crippen molar-refractivity contribution in [3.05, 3.63) is 82.9 Å². The predicted octanol–water partition coefficient (Wildman–Crippen LogP) is 3.99. The van der Waals surface area contributed by atoms with Crippen LogP contribution in [-0.2, 0) is 22.6 Å². The van der Waals surface area contributed by atoms with Crippen LogP contribution in [0.25, 0.3) is 10.8 Å². The fourth-order valence-corrected chi connectivity index (χ4v) is 4.54. The van der Waals surface area contributed by atoms with E-state index >= 15 is 0 Å². The van der Waals surface area contributed by atoms with Crippen molar-refractivity contribution in [3.63, 3.8) is 0 Å². The van der Waals surface area contributed by atoms with E-state index in [0.717, 1.165) is 30.1 Å². The Morgan fingerprint density at radius 3 is 2.69 bits per heavy atom. The molecule has 1 aliphatic rings. The van der Waals surface area contributed by atoms with E-state index in [4.69, 9.17) is 16.3 Å². The first-order valence-corrected chi connectivity index (χ1v) is 11.5. The van der Waals surface area contributed by atoms with E-state index in [0.29, 0.717) is 19.7 Å². The minimum atomic E-state index is -0.174. The third kappa shape index (κ3) is 5.67. The molecule has 0 radical (unpaired) electrons. The summed E-state index contributed by atoms with van der Waals surface area (Å²) in [4.78, 5) is 15.2. The van der Waals surface area contributed by atoms with Gasteiger partial charge in [-0.25, -0.2) is 0 Å². The number of rotatable bonds is 9. The van der Waals surface area contributed by atoms with Gasteiger partial charge in [0.15, 0.2) is 0 Å². The van der Waals surface area contributed by atoms with Crippen molar-refractivity contribution in [2.75, 3.05) is 26.8 Å². The zero-order valence-electron chi connectivity index (χ0n) is 18.4. The second-order valence-corrected chi connectivity index (χ2v) is 8.74. The maximum absolute atomic E-state index is 12.9. The molecule has 0 unspecified atom stereocenters. The molecule has 0 bridgehead atoms. The number of likely N-dealkylation sites (tertiary alicyclic amines) is 1. The van der Waals surface area contributed by atoms with E-state index in [1.807, 2.05) is 24.3 Å². The maximum Gasteiger partial charge on any atom is 0.237 e. The number of methoxy groups -OCH3 is 1. The monoisotopic (exact) mass is 451 g/mol. The fourth-order valence-electron chi connectivity index (χ4n) is 4.42. The number of carbonyl (C=O) groups is 1. The van der Waals surface area contributed by atoms with Gasteiger partial charge in [-0.05, 0) is 40.5 Å². The molecule has 2 N–H and O–H groups in total. The Hall–Kier alpha value is -2.44. The van der Waals surface area contributed by atoms with Crippen LogP contribution in [0.4, 0.5) is 0 Å². The second kappa shape index (κ2) is 10.9. The molecule has 0 saturated carbocycles. The average molecular weight is 452 g/mol. The molecule has 1 fully saturated rings. The molecule has 5 nitrogen and oxygen atoms in total. The van der Waals surface area contributed by atoms with Gasteiger partial charge in [-0.15, -0.1) is 0 Å². The Morgan fingerprint density at radius 2 is 1.88 bits per heavy atom. The molecule has 0 aliphatic carbocycles. The minimum absolute atomic E-state index is 0.0606. The molecule has 1 heterocycles. The number of hydrogen-bond donors (Lipinski definition) is 2. The molecule has 32 heavy (non-hydrogen) atoms. The van der Waals surface area contributed by atoms with Gasteiger partial charge in [0.25, 0.3) is 0 Å². The van der Waals surface area contributed by atoms with Crippen LogP contribution in [0.3, 0.4) is 0 Å². The lowest BCUT2D eigenvalue weighted by Gasteiger charge is -2.23. The predicted molar refractivity (Wildman–Crippen MR) is 130 cm³/mol. The number of hydrogen-bond acceptors (Lipinski definition) is 4. The summed E-state index contributed by atoms with van der Waals surface area (Å²) < 4.78 is 5.08. The summed E-state index contributed by atoms with van der Waals surface area (Å²) in [6.07, 6.45) is 0.775. The summed E-state index contributed by atoms with van der Waals surface area (Å²) >= 11 is 6.04. The molecule has 6 heteroatoms. The molecule has 1 saturated heterocycles. The standard InChI is InChI=1S/C26H30ClN3O2/c1-32-14-13-28-26(31)25-15-23(18-30(25)17-19-9-11-22(27)12-10-19)29-16-21-7-4-6-20-5-2-3-8-24(20)21/h2-12,23,25,29H,13-18H2,1H3,(H,28,31)/t23-,25+/m1/s1. The number of nitrogens with one attached hydrogen (secondary N) is 2. The van der Waals surface area contributed by atoms with Gasteiger partial charge in [-0.3, -0.25) is 9.69 Å². The van der Waals surface area contributed by atoms with Gasteiger partial charge in [0.1, 0.15) is 0 Å². The molecule has 0 aromatic heterocycles. The molecule has 0 spiro atoms. The van der Waals surface area contributed by atoms with E-state index in [2.05, 4.69) is 58.0 Å². The van der Waals surface area contributed by atoms with Crippen molar-refractivity contribution in [3.8, 4) is 0 Å². The van der Waals surface area contributed by atoms with Gasteiger partial charge in [0.2, 0.25) is 5.91 Å². The van der Waals surface area contributed by atoms with Crippen LogP contribution in [0.15, 0.2) is 66.7 Å². The lowest BCUT2D eigenvalue weighted by atomic mass is 10.0. The molecular weight excluding hydrogens is 422 g/mol. The highest BCUT2D eigenvalue weighted by atomic mass is 35.5. The number of carbonyl (C=O) groups excluding carboxylic acids is 1. The largest absolute Gasteiger partial charge is 0.383 e. The van der Waals surface area contributed by atoms with Gasteiger partial charge in [-0.1, -0.05) is 66.2 Å². The van der Waals surface area contributed by atoms with Crippen molar-refractivity contribution in [1.29, 1.82) is 0 Å². The summed E-state index contributed by atoms with van der Waals surface area (Å²) in [5.41, 5.74) is 2.43. The van der Waals surface area contributed by atoms with Crippen molar-refractivity contribution in [2.45, 2.75) is 31.6 Å². The zero-order valence-corrected chi connectivity index (χ0v) is 19.1. The van der Waals surface area contributed by atoms with Gasteiger partial charge in [0.05, 0.1) is 12.6 Å². The quantitative estimate of drug-likeness (QED) is 0.483. The van der Waals surface area contributed by atoms with Crippen LogP contribution in [0, 0.1) is 0 Å². The van der Waals surface area contributed by atoms with E-state index in [9.17, 15) is 4.79 Å². The Kier molecular flexibility index (Phi) is 7.76. The van der Waals surface area contributed by atoms with Crippen LogP contribution in [-0.4, -0.2) is 49.7 Å². The summed E-state index contributed by atoms with van der Waals surface area (Å²) in [6.45, 7) is 3.34. The normalized spacial score (nSPS) is 18.8. The van der Waals surface area contributed by atoms with E-state index < -0.39 is 0 Å². The van der Waals surface area contributed by atoms with Crippen LogP contribution in [0.2, 0.25) is 5.02 Å². The van der Waals surface area contributed by atoms with Crippen molar-refractivity contribution >= 4 is 28.3 Å². The number of benzene rings is 3. The fraction of sp³-hybridized carbons (Fsp3) is 0.346. The number of fused-ring (bicyclic) bond motifs is 1. The van der Waals surface area contributed by atoms with Crippen LogP contribution < -0.4 is 10.6 Å². The third-order valence-electron chi connectivity index (χ3n) is 6.07. The molecule has 4 rings (SSSR count). The maximum atomic E-state index is 12.9. The molecule has 1 amide bonds. The van der Waals surface area contributed by atoms with Gasteiger partial charge in [0, 0.05) is 44.4 Å². The van der Waals surface area contributed by atoms with E-state index in [1.165, 1.54) is 16.3 Å². The minimum Gasteiger partial charge on any atom is -0.383 e. The van der Waals surface area contributed by atoms with E-state index in [1.54, 1.807) is 7.11 Å². The highest BCUT2D eigenvalue weighted by Crippen LogP contribution is 2.23. The van der Waals surface area contributed by atoms with Gasteiger partial charge in [-0.2, -0.15) is 0 Å². The zero-order chi connectivity index (χ0) is 22.3. The SMILES string of the molecule is COCCNC(=O)[C@@H]1C[C@@H](NCc2cccc3ccccc23)CN1Cc1ccc(Cl)cc1. The smallest absolute Gasteiger partial charge is 0.237 e. The van der Waals surface area contributed by atoms with Crippen molar-refractivity contribution in [1.82, 2.24) is 15.5 Å². The highest BCUT2D eigenvalue weighted by Gasteiger charge is 2.36. The molecule has 1 aliphatic heterocycles. The number of halogens is 1. The first-order chi connectivity index (χ1) is 15.6. The Balaban J connectivity index is 1.44. The van der Waals surface area contributed by atoms with Crippen molar-refractivity contribution < 1.29 is 9.53 Å². The third-order valence-corrected chi connectivity index (χ3v) is 6.32. The Bertz CT molecular complexity index is 1040. The summed E-state index contributed by atoms with van der Waals surface area (Å²) in [5, 5.41) is 9.95. The van der Waals surface area contributed by atoms with Crippen LogP contribution in [0.1, 0.15) is 17.5 Å². The molecule has 3 aromatic carbocycles. The number of nitrogens with zero attached hydrogens (tertiary/aromatic N) is 1. The molecular formula is C26H30ClN3O2. The molecule has 2 atom stereocenters. The van der Waals surface area contributed by atoms with Crippen LogP contribution in [0.5, 0.6) is 0 Å². The first-order valence-electron chi connectivity index (χ1n) is 11.1. The topological polar surface area (TPSA) is 53.6 Å². The summed E-state index contributed by atoms with van der Waals surface area (Å²) in [5.74, 6) is 0.0606. The van der Waals surface area contributed by atoms with Crippen LogP contribution >= 0.6 is 11.6 Å². The summed E-state index contributed by atoms with van der Waals surface area (Å²) in [7, 11) is 1.64. The van der Waals surface area contributed by atoms with E-state index in [-0.39, 0.29) is 18.0 Å².